The van der Waals surface area contributed by atoms with Gasteiger partial charge in [0.2, 0.25) is 5.91 Å². The normalized spacial score (nSPS) is 15.9. The first kappa shape index (κ1) is 17.1. The third-order valence-corrected chi connectivity index (χ3v) is 4.67. The zero-order chi connectivity index (χ0) is 15.9. The lowest BCUT2D eigenvalue weighted by molar-refractivity contribution is -0.116. The van der Waals surface area contributed by atoms with Gasteiger partial charge in [-0.3, -0.25) is 4.79 Å². The molecule has 0 saturated carbocycles. The van der Waals surface area contributed by atoms with Gasteiger partial charge in [0.1, 0.15) is 0 Å². The molecule has 2 rings (SSSR count). The summed E-state index contributed by atoms with van der Waals surface area (Å²) in [5, 5.41) is 3.66. The Morgan fingerprint density at radius 3 is 2.68 bits per heavy atom. The average molecular weight is 323 g/mol. The highest BCUT2D eigenvalue weighted by Gasteiger charge is 2.18. The third-order valence-electron chi connectivity index (χ3n) is 4.36. The summed E-state index contributed by atoms with van der Waals surface area (Å²) < 4.78 is 0. The highest BCUT2D eigenvalue weighted by Crippen LogP contribution is 2.31. The lowest BCUT2D eigenvalue weighted by Crippen LogP contribution is -2.32. The van der Waals surface area contributed by atoms with Crippen molar-refractivity contribution in [2.45, 2.75) is 52.4 Å². The summed E-state index contributed by atoms with van der Waals surface area (Å²) in [6.45, 7) is 6.56. The molecule has 22 heavy (non-hydrogen) atoms. The molecule has 0 aromatic heterocycles. The van der Waals surface area contributed by atoms with Crippen LogP contribution in [0.2, 0.25) is 5.02 Å². The van der Waals surface area contributed by atoms with E-state index in [0.29, 0.717) is 6.42 Å². The maximum atomic E-state index is 11.9. The molecule has 0 unspecified atom stereocenters. The summed E-state index contributed by atoms with van der Waals surface area (Å²) in [4.78, 5) is 14.2. The van der Waals surface area contributed by atoms with E-state index in [-0.39, 0.29) is 5.91 Å². The lowest BCUT2D eigenvalue weighted by atomic mass is 9.99. The topological polar surface area (TPSA) is 32.3 Å². The second-order valence-corrected chi connectivity index (χ2v) is 6.75. The van der Waals surface area contributed by atoms with E-state index < -0.39 is 0 Å². The number of anilines is 2. The van der Waals surface area contributed by atoms with Gasteiger partial charge in [0.25, 0.3) is 0 Å². The van der Waals surface area contributed by atoms with E-state index in [1.165, 1.54) is 12.8 Å². The van der Waals surface area contributed by atoms with E-state index in [0.717, 1.165) is 54.7 Å². The Hall–Kier alpha value is -1.22. The van der Waals surface area contributed by atoms with Crippen molar-refractivity contribution < 1.29 is 4.79 Å². The quantitative estimate of drug-likeness (QED) is 0.739. The second kappa shape index (κ2) is 8.42. The molecule has 1 aliphatic heterocycles. The number of carbonyl (C=O) groups excluding carboxylic acids is 1. The van der Waals surface area contributed by atoms with Crippen molar-refractivity contribution in [1.29, 1.82) is 0 Å². The van der Waals surface area contributed by atoms with E-state index in [2.05, 4.69) is 24.1 Å². The SMILES string of the molecule is CCCCCC(=O)Nc1ccc(N2CCC(C)CC2)c(Cl)c1. The van der Waals surface area contributed by atoms with Crippen LogP contribution in [0, 0.1) is 5.92 Å². The van der Waals surface area contributed by atoms with Crippen molar-refractivity contribution in [3.63, 3.8) is 0 Å². The Balaban J connectivity index is 1.93. The fourth-order valence-electron chi connectivity index (χ4n) is 2.85. The minimum absolute atomic E-state index is 0.0732. The van der Waals surface area contributed by atoms with Crippen LogP contribution in [0.4, 0.5) is 11.4 Å². The number of hydrogen-bond donors (Lipinski definition) is 1. The second-order valence-electron chi connectivity index (χ2n) is 6.34. The van der Waals surface area contributed by atoms with Gasteiger partial charge in [-0.15, -0.1) is 0 Å². The van der Waals surface area contributed by atoms with Crippen LogP contribution in [0.1, 0.15) is 52.4 Å². The number of piperidine rings is 1. The molecule has 1 saturated heterocycles. The molecule has 1 heterocycles. The summed E-state index contributed by atoms with van der Waals surface area (Å²) in [5.41, 5.74) is 1.87. The number of halogens is 1. The number of nitrogens with one attached hydrogen (secondary N) is 1. The van der Waals surface area contributed by atoms with Gasteiger partial charge >= 0.3 is 0 Å². The lowest BCUT2D eigenvalue weighted by Gasteiger charge is -2.32. The standard InChI is InChI=1S/C18H27ClN2O/c1-3-4-5-6-18(22)20-15-7-8-17(16(19)13-15)21-11-9-14(2)10-12-21/h7-8,13-14H,3-6,9-12H2,1-2H3,(H,20,22). The van der Waals surface area contributed by atoms with E-state index in [1.54, 1.807) is 0 Å². The Kier molecular flexibility index (Phi) is 6.56. The summed E-state index contributed by atoms with van der Waals surface area (Å²) in [7, 11) is 0. The van der Waals surface area contributed by atoms with Crippen molar-refractivity contribution in [2.75, 3.05) is 23.3 Å². The Morgan fingerprint density at radius 1 is 1.32 bits per heavy atom. The molecule has 1 amide bonds. The smallest absolute Gasteiger partial charge is 0.224 e. The van der Waals surface area contributed by atoms with Crippen LogP contribution in [0.5, 0.6) is 0 Å². The Bertz CT molecular complexity index is 496. The molecule has 0 aliphatic carbocycles. The monoisotopic (exact) mass is 322 g/mol. The fraction of sp³-hybridized carbons (Fsp3) is 0.611. The first-order valence-electron chi connectivity index (χ1n) is 8.44. The number of nitrogens with zero attached hydrogens (tertiary/aromatic N) is 1. The molecular weight excluding hydrogens is 296 g/mol. The molecule has 1 N–H and O–H groups in total. The highest BCUT2D eigenvalue weighted by atomic mass is 35.5. The van der Waals surface area contributed by atoms with Gasteiger partial charge in [-0.05, 0) is 43.4 Å². The Morgan fingerprint density at radius 2 is 2.05 bits per heavy atom. The van der Waals surface area contributed by atoms with Gasteiger partial charge in [0.05, 0.1) is 10.7 Å². The molecule has 0 bridgehead atoms. The number of amides is 1. The van der Waals surface area contributed by atoms with Gasteiger partial charge in [-0.25, -0.2) is 0 Å². The van der Waals surface area contributed by atoms with Crippen LogP contribution in [-0.2, 0) is 4.79 Å². The maximum absolute atomic E-state index is 11.9. The molecule has 1 aromatic rings. The molecular formula is C18H27ClN2O. The van der Waals surface area contributed by atoms with E-state index in [4.69, 9.17) is 11.6 Å². The van der Waals surface area contributed by atoms with Gasteiger partial charge in [-0.2, -0.15) is 0 Å². The van der Waals surface area contributed by atoms with Gasteiger partial charge in [-0.1, -0.05) is 38.3 Å². The van der Waals surface area contributed by atoms with Crippen LogP contribution < -0.4 is 10.2 Å². The number of hydrogen-bond acceptors (Lipinski definition) is 2. The van der Waals surface area contributed by atoms with Crippen LogP contribution in [-0.4, -0.2) is 19.0 Å². The number of benzene rings is 1. The predicted molar refractivity (Wildman–Crippen MR) is 94.8 cm³/mol. The van der Waals surface area contributed by atoms with Gasteiger partial charge in [0, 0.05) is 25.2 Å². The average Bonchev–Trinajstić information content (AvgIpc) is 2.49. The molecule has 0 spiro atoms. The summed E-state index contributed by atoms with van der Waals surface area (Å²) in [6.07, 6.45) is 6.18. The fourth-order valence-corrected chi connectivity index (χ4v) is 3.15. The van der Waals surface area contributed by atoms with Crippen LogP contribution in [0.3, 0.4) is 0 Å². The van der Waals surface area contributed by atoms with Crippen molar-refractivity contribution in [2.24, 2.45) is 5.92 Å². The molecule has 4 heteroatoms. The number of unbranched alkanes of at least 4 members (excludes halogenated alkanes) is 2. The zero-order valence-corrected chi connectivity index (χ0v) is 14.5. The minimum Gasteiger partial charge on any atom is -0.370 e. The minimum atomic E-state index is 0.0732. The molecule has 1 aliphatic rings. The van der Waals surface area contributed by atoms with E-state index in [1.807, 2.05) is 18.2 Å². The third kappa shape index (κ3) is 4.91. The van der Waals surface area contributed by atoms with Crippen molar-refractivity contribution in [3.8, 4) is 0 Å². The zero-order valence-electron chi connectivity index (χ0n) is 13.7. The van der Waals surface area contributed by atoms with Crippen molar-refractivity contribution >= 4 is 28.9 Å². The first-order chi connectivity index (χ1) is 10.6. The van der Waals surface area contributed by atoms with Crippen molar-refractivity contribution in [1.82, 2.24) is 0 Å². The van der Waals surface area contributed by atoms with Crippen LogP contribution in [0.25, 0.3) is 0 Å². The summed E-state index contributed by atoms with van der Waals surface area (Å²) in [6, 6.07) is 5.85. The largest absolute Gasteiger partial charge is 0.370 e. The summed E-state index contributed by atoms with van der Waals surface area (Å²) >= 11 is 6.42. The van der Waals surface area contributed by atoms with Crippen molar-refractivity contribution in [3.05, 3.63) is 23.2 Å². The maximum Gasteiger partial charge on any atom is 0.224 e. The number of rotatable bonds is 6. The number of carbonyl (C=O) groups is 1. The van der Waals surface area contributed by atoms with E-state index in [9.17, 15) is 4.79 Å². The molecule has 3 nitrogen and oxygen atoms in total. The van der Waals surface area contributed by atoms with Gasteiger partial charge in [0.15, 0.2) is 0 Å². The predicted octanol–water partition coefficient (Wildman–Crippen LogP) is 5.10. The molecule has 1 fully saturated rings. The molecule has 0 atom stereocenters. The first-order valence-corrected chi connectivity index (χ1v) is 8.82. The van der Waals surface area contributed by atoms with E-state index >= 15 is 0 Å². The highest BCUT2D eigenvalue weighted by molar-refractivity contribution is 6.33. The molecule has 0 radical (unpaired) electrons. The Labute approximate surface area is 139 Å². The molecule has 122 valence electrons. The van der Waals surface area contributed by atoms with Crippen LogP contribution in [0.15, 0.2) is 18.2 Å². The van der Waals surface area contributed by atoms with Crippen LogP contribution >= 0.6 is 11.6 Å². The molecule has 1 aromatic carbocycles. The van der Waals surface area contributed by atoms with Gasteiger partial charge < -0.3 is 10.2 Å². The summed E-state index contributed by atoms with van der Waals surface area (Å²) in [5.74, 6) is 0.876.